The smallest absolute Gasteiger partial charge is 0.193 e. The molecule has 0 amide bonds. The minimum atomic E-state index is -0.515. The van der Waals surface area contributed by atoms with Crippen LogP contribution in [0.5, 0.6) is 0 Å². The van der Waals surface area contributed by atoms with E-state index in [0.29, 0.717) is 0 Å². The summed E-state index contributed by atoms with van der Waals surface area (Å²) in [5, 5.41) is 10.5. The minimum Gasteiger partial charge on any atom is -1.00 e. The summed E-state index contributed by atoms with van der Waals surface area (Å²) >= 11 is 0. The SMILES string of the molecule is CC(C(O)c1ccc(-c2ccccc2)cc1)[NH+]1C=CN=C1.[Cl-]. The Labute approximate surface area is 137 Å². The Bertz CT molecular complexity index is 641. The van der Waals surface area contributed by atoms with Crippen LogP contribution in [0.3, 0.4) is 0 Å². The molecule has 3 rings (SSSR count). The number of nitrogens with one attached hydrogen (secondary N) is 1. The average Bonchev–Trinajstić information content (AvgIpc) is 3.09. The molecule has 22 heavy (non-hydrogen) atoms. The molecule has 2 aromatic rings. The van der Waals surface area contributed by atoms with Crippen molar-refractivity contribution in [2.75, 3.05) is 0 Å². The summed E-state index contributed by atoms with van der Waals surface area (Å²) in [7, 11) is 0. The summed E-state index contributed by atoms with van der Waals surface area (Å²) in [6.07, 6.45) is 5.01. The zero-order chi connectivity index (χ0) is 14.7. The molecule has 0 bridgehead atoms. The quantitative estimate of drug-likeness (QED) is 0.760. The van der Waals surface area contributed by atoms with Gasteiger partial charge >= 0.3 is 0 Å². The third kappa shape index (κ3) is 3.45. The summed E-state index contributed by atoms with van der Waals surface area (Å²) < 4.78 is 0. The van der Waals surface area contributed by atoms with Gasteiger partial charge in [0.05, 0.1) is 6.20 Å². The van der Waals surface area contributed by atoms with Crippen molar-refractivity contribution in [2.24, 2.45) is 4.99 Å². The van der Waals surface area contributed by atoms with E-state index < -0.39 is 6.10 Å². The number of halogens is 1. The fraction of sp³-hybridized carbons (Fsp3) is 0.167. The van der Waals surface area contributed by atoms with Crippen molar-refractivity contribution in [3.8, 4) is 11.1 Å². The van der Waals surface area contributed by atoms with Gasteiger partial charge in [-0.25, -0.2) is 4.99 Å². The van der Waals surface area contributed by atoms with Crippen molar-refractivity contribution < 1.29 is 22.4 Å². The van der Waals surface area contributed by atoms with Gasteiger partial charge in [-0.15, -0.1) is 0 Å². The lowest BCUT2D eigenvalue weighted by molar-refractivity contribution is -0.772. The van der Waals surface area contributed by atoms with E-state index in [9.17, 15) is 5.11 Å². The molecule has 2 aromatic carbocycles. The van der Waals surface area contributed by atoms with Crippen molar-refractivity contribution in [1.82, 2.24) is 0 Å². The van der Waals surface area contributed by atoms with Gasteiger partial charge < -0.3 is 17.5 Å². The van der Waals surface area contributed by atoms with E-state index in [-0.39, 0.29) is 18.4 Å². The first-order valence-electron chi connectivity index (χ1n) is 7.16. The lowest BCUT2D eigenvalue weighted by Crippen LogP contribution is -3.10. The first-order valence-corrected chi connectivity index (χ1v) is 7.16. The number of hydrogen-bond donors (Lipinski definition) is 2. The topological polar surface area (TPSA) is 37.0 Å². The van der Waals surface area contributed by atoms with Gasteiger partial charge in [0, 0.05) is 0 Å². The molecule has 2 N–H and O–H groups in total. The molecule has 3 atom stereocenters. The highest BCUT2D eigenvalue weighted by Crippen LogP contribution is 2.22. The van der Waals surface area contributed by atoms with Crippen LogP contribution in [0.4, 0.5) is 0 Å². The molecule has 1 aliphatic rings. The van der Waals surface area contributed by atoms with E-state index in [1.165, 1.54) is 5.56 Å². The Morgan fingerprint density at radius 3 is 2.18 bits per heavy atom. The Balaban J connectivity index is 0.00000176. The predicted octanol–water partition coefficient (Wildman–Crippen LogP) is -0.822. The van der Waals surface area contributed by atoms with E-state index in [2.05, 4.69) is 29.3 Å². The van der Waals surface area contributed by atoms with Gasteiger partial charge in [0.1, 0.15) is 18.3 Å². The molecule has 3 nitrogen and oxygen atoms in total. The van der Waals surface area contributed by atoms with Gasteiger partial charge in [-0.05, 0) is 23.6 Å². The number of aliphatic hydroxyl groups is 1. The summed E-state index contributed by atoms with van der Waals surface area (Å²) in [6.45, 7) is 2.02. The summed E-state index contributed by atoms with van der Waals surface area (Å²) in [5.74, 6) is 0. The molecular weight excluding hydrogens is 296 g/mol. The second kappa shape index (κ2) is 7.36. The third-order valence-electron chi connectivity index (χ3n) is 3.94. The summed E-state index contributed by atoms with van der Waals surface area (Å²) in [6, 6.07) is 18.4. The lowest BCUT2D eigenvalue weighted by atomic mass is 9.99. The van der Waals surface area contributed by atoms with Gasteiger partial charge in [-0.3, -0.25) is 4.90 Å². The Hall–Kier alpha value is -1.94. The van der Waals surface area contributed by atoms with Crippen molar-refractivity contribution in [3.63, 3.8) is 0 Å². The molecule has 3 unspecified atom stereocenters. The third-order valence-corrected chi connectivity index (χ3v) is 3.94. The maximum Gasteiger partial charge on any atom is 0.193 e. The molecule has 0 saturated carbocycles. The zero-order valence-corrected chi connectivity index (χ0v) is 13.1. The van der Waals surface area contributed by atoms with Gasteiger partial charge in [-0.2, -0.15) is 0 Å². The lowest BCUT2D eigenvalue weighted by Gasteiger charge is -2.21. The monoisotopic (exact) mass is 314 g/mol. The number of aliphatic imine (C=N–C) groups is 1. The molecular formula is C18H19ClN2O. The molecule has 0 saturated heterocycles. The molecule has 1 heterocycles. The summed E-state index contributed by atoms with van der Waals surface area (Å²) in [4.78, 5) is 5.13. The fourth-order valence-corrected chi connectivity index (χ4v) is 2.54. The van der Waals surface area contributed by atoms with E-state index >= 15 is 0 Å². The van der Waals surface area contributed by atoms with Crippen LogP contribution in [0.25, 0.3) is 11.1 Å². The van der Waals surface area contributed by atoms with Crippen LogP contribution in [-0.4, -0.2) is 17.5 Å². The van der Waals surface area contributed by atoms with Crippen molar-refractivity contribution in [3.05, 3.63) is 72.6 Å². The van der Waals surface area contributed by atoms with Crippen LogP contribution in [0, 0.1) is 0 Å². The van der Waals surface area contributed by atoms with E-state index in [0.717, 1.165) is 16.0 Å². The Morgan fingerprint density at radius 2 is 1.59 bits per heavy atom. The van der Waals surface area contributed by atoms with Crippen LogP contribution in [0.2, 0.25) is 0 Å². The van der Waals surface area contributed by atoms with E-state index in [1.54, 1.807) is 6.20 Å². The molecule has 0 spiro atoms. The summed E-state index contributed by atoms with van der Waals surface area (Å²) in [5.41, 5.74) is 3.28. The maximum atomic E-state index is 10.5. The second-order valence-corrected chi connectivity index (χ2v) is 5.32. The van der Waals surface area contributed by atoms with Gasteiger partial charge in [0.25, 0.3) is 0 Å². The van der Waals surface area contributed by atoms with Crippen LogP contribution >= 0.6 is 0 Å². The van der Waals surface area contributed by atoms with Crippen molar-refractivity contribution in [2.45, 2.75) is 19.1 Å². The van der Waals surface area contributed by atoms with Crippen molar-refractivity contribution in [1.29, 1.82) is 0 Å². The number of aliphatic hydroxyl groups excluding tert-OH is 1. The normalized spacial score (nSPS) is 18.7. The highest BCUT2D eigenvalue weighted by Gasteiger charge is 2.25. The fourth-order valence-electron chi connectivity index (χ4n) is 2.54. The Morgan fingerprint density at radius 1 is 0.955 bits per heavy atom. The standard InChI is InChI=1S/C18H18N2O.ClH/c1-14(20-12-11-19-13-20)18(21)17-9-7-16(8-10-17)15-5-3-2-4-6-15;/h2-14,18,21H,1H3;1H. The second-order valence-electron chi connectivity index (χ2n) is 5.32. The average molecular weight is 315 g/mol. The van der Waals surface area contributed by atoms with Crippen molar-refractivity contribution >= 4 is 6.34 Å². The number of rotatable bonds is 4. The zero-order valence-electron chi connectivity index (χ0n) is 12.4. The predicted molar refractivity (Wildman–Crippen MR) is 84.9 cm³/mol. The highest BCUT2D eigenvalue weighted by atomic mass is 35.5. The molecule has 0 radical (unpaired) electrons. The van der Waals surface area contributed by atoms with Crippen LogP contribution in [0.15, 0.2) is 72.0 Å². The van der Waals surface area contributed by atoms with E-state index in [1.807, 2.05) is 49.8 Å². The number of hydrogen-bond acceptors (Lipinski definition) is 2. The number of nitrogens with zero attached hydrogens (tertiary/aromatic N) is 1. The first kappa shape index (κ1) is 16.4. The number of quaternary nitrogens is 1. The van der Waals surface area contributed by atoms with Gasteiger partial charge in [-0.1, -0.05) is 54.6 Å². The minimum absolute atomic E-state index is 0. The highest BCUT2D eigenvalue weighted by molar-refractivity contribution is 5.63. The molecule has 0 fully saturated rings. The van der Waals surface area contributed by atoms with Gasteiger partial charge in [0.2, 0.25) is 0 Å². The molecule has 0 aliphatic carbocycles. The molecule has 1 aliphatic heterocycles. The molecule has 0 aromatic heterocycles. The van der Waals surface area contributed by atoms with Crippen LogP contribution in [-0.2, 0) is 0 Å². The van der Waals surface area contributed by atoms with Crippen LogP contribution < -0.4 is 17.3 Å². The maximum absolute atomic E-state index is 10.5. The Kier molecular flexibility index (Phi) is 5.50. The number of benzene rings is 2. The van der Waals surface area contributed by atoms with Gasteiger partial charge in [0.15, 0.2) is 6.34 Å². The first-order chi connectivity index (χ1) is 10.3. The largest absolute Gasteiger partial charge is 1.00 e. The molecule has 114 valence electrons. The van der Waals surface area contributed by atoms with E-state index in [4.69, 9.17) is 0 Å². The molecule has 4 heteroatoms. The van der Waals surface area contributed by atoms with Crippen LogP contribution in [0.1, 0.15) is 18.6 Å².